The molecular weight excluding hydrogens is 240 g/mol. The van der Waals surface area contributed by atoms with Gasteiger partial charge in [-0.3, -0.25) is 0 Å². The van der Waals surface area contributed by atoms with Gasteiger partial charge in [-0.2, -0.15) is 4.31 Å². The van der Waals surface area contributed by atoms with Gasteiger partial charge in [-0.05, 0) is 38.8 Å². The predicted octanol–water partition coefficient (Wildman–Crippen LogP) is 0.0365. The Morgan fingerprint density at radius 2 is 2.29 bits per heavy atom. The van der Waals surface area contributed by atoms with Crippen LogP contribution < -0.4 is 5.32 Å². The summed E-state index contributed by atoms with van der Waals surface area (Å²) in [6.45, 7) is 5.30. The first kappa shape index (κ1) is 13.3. The fourth-order valence-electron chi connectivity index (χ4n) is 2.59. The first-order chi connectivity index (χ1) is 8.09. The summed E-state index contributed by atoms with van der Waals surface area (Å²) in [7, 11) is -3.12. The Bertz CT molecular complexity index is 339. The molecule has 0 aromatic carbocycles. The molecule has 1 N–H and O–H groups in total. The number of nitrogens with one attached hydrogen (secondary N) is 1. The molecule has 2 rings (SSSR count). The Balaban J connectivity index is 1.96. The van der Waals surface area contributed by atoms with Crippen LogP contribution in [0.3, 0.4) is 0 Å². The van der Waals surface area contributed by atoms with Gasteiger partial charge in [0.25, 0.3) is 0 Å². The first-order valence-electron chi connectivity index (χ1n) is 6.37. The molecule has 2 aliphatic heterocycles. The Hall–Kier alpha value is -0.170. The Kier molecular flexibility index (Phi) is 4.41. The molecule has 2 atom stereocenters. The van der Waals surface area contributed by atoms with Crippen LogP contribution in [0.5, 0.6) is 0 Å². The van der Waals surface area contributed by atoms with Crippen LogP contribution >= 0.6 is 0 Å². The van der Waals surface area contributed by atoms with Crippen LogP contribution in [-0.4, -0.2) is 57.4 Å². The lowest BCUT2D eigenvalue weighted by Crippen LogP contribution is -2.49. The summed E-state index contributed by atoms with van der Waals surface area (Å²) in [4.78, 5) is 0. The molecule has 2 heterocycles. The van der Waals surface area contributed by atoms with Crippen LogP contribution in [0.2, 0.25) is 0 Å². The molecule has 100 valence electrons. The lowest BCUT2D eigenvalue weighted by molar-refractivity contribution is 0.0391. The van der Waals surface area contributed by atoms with Crippen LogP contribution in [0.4, 0.5) is 0 Å². The summed E-state index contributed by atoms with van der Waals surface area (Å²) in [5.74, 6) is 0.549. The molecule has 0 aromatic heterocycles. The van der Waals surface area contributed by atoms with E-state index < -0.39 is 10.0 Å². The highest BCUT2D eigenvalue weighted by Crippen LogP contribution is 2.18. The molecule has 0 bridgehead atoms. The summed E-state index contributed by atoms with van der Waals surface area (Å²) >= 11 is 0. The van der Waals surface area contributed by atoms with Gasteiger partial charge in [0, 0.05) is 12.6 Å². The fourth-order valence-corrected chi connectivity index (χ4v) is 4.62. The quantitative estimate of drug-likeness (QED) is 0.780. The number of hydrogen-bond acceptors (Lipinski definition) is 4. The number of ether oxygens (including phenoxy) is 1. The van der Waals surface area contributed by atoms with E-state index in [2.05, 4.69) is 5.32 Å². The highest BCUT2D eigenvalue weighted by atomic mass is 32.2. The smallest absolute Gasteiger partial charge is 0.214 e. The average molecular weight is 262 g/mol. The zero-order chi connectivity index (χ0) is 12.3. The van der Waals surface area contributed by atoms with Crippen molar-refractivity contribution in [3.05, 3.63) is 0 Å². The van der Waals surface area contributed by atoms with Gasteiger partial charge in [0.15, 0.2) is 0 Å². The fraction of sp³-hybridized carbons (Fsp3) is 1.00. The highest BCUT2D eigenvalue weighted by molar-refractivity contribution is 7.89. The molecule has 0 aliphatic carbocycles. The topological polar surface area (TPSA) is 58.6 Å². The summed E-state index contributed by atoms with van der Waals surface area (Å²) in [5, 5.41) is 3.26. The highest BCUT2D eigenvalue weighted by Gasteiger charge is 2.32. The minimum absolute atomic E-state index is 0.0229. The predicted molar refractivity (Wildman–Crippen MR) is 66.4 cm³/mol. The maximum Gasteiger partial charge on any atom is 0.214 e. The lowest BCUT2D eigenvalue weighted by atomic mass is 10.0. The van der Waals surface area contributed by atoms with Crippen LogP contribution in [0.15, 0.2) is 0 Å². The van der Waals surface area contributed by atoms with Crippen molar-refractivity contribution >= 4 is 10.0 Å². The second-order valence-electron chi connectivity index (χ2n) is 5.03. The van der Waals surface area contributed by atoms with Crippen molar-refractivity contribution in [3.8, 4) is 0 Å². The van der Waals surface area contributed by atoms with Gasteiger partial charge >= 0.3 is 0 Å². The number of rotatable bonds is 3. The Labute approximate surface area is 104 Å². The Morgan fingerprint density at radius 3 is 2.94 bits per heavy atom. The SMILES string of the molecule is CC1COCCN1S(=O)(=O)CC1CCCNC1. The van der Waals surface area contributed by atoms with Crippen molar-refractivity contribution in [1.29, 1.82) is 0 Å². The van der Waals surface area contributed by atoms with E-state index in [1.54, 1.807) is 4.31 Å². The molecule has 0 amide bonds. The van der Waals surface area contributed by atoms with Gasteiger partial charge in [-0.25, -0.2) is 8.42 Å². The van der Waals surface area contributed by atoms with Gasteiger partial charge in [0.05, 0.1) is 19.0 Å². The third-order valence-electron chi connectivity index (χ3n) is 3.51. The summed E-state index contributed by atoms with van der Waals surface area (Å²) < 4.78 is 31.5. The number of hydrogen-bond donors (Lipinski definition) is 1. The van der Waals surface area contributed by atoms with Crippen molar-refractivity contribution in [2.75, 3.05) is 38.6 Å². The minimum Gasteiger partial charge on any atom is -0.378 e. The molecule has 6 heteroatoms. The van der Waals surface area contributed by atoms with Crippen molar-refractivity contribution in [2.24, 2.45) is 5.92 Å². The zero-order valence-electron chi connectivity index (χ0n) is 10.4. The summed E-state index contributed by atoms with van der Waals surface area (Å²) in [6, 6.07) is -0.0229. The van der Waals surface area contributed by atoms with Gasteiger partial charge in [0.1, 0.15) is 0 Å². The van der Waals surface area contributed by atoms with Crippen LogP contribution in [0, 0.1) is 5.92 Å². The number of piperidine rings is 1. The Morgan fingerprint density at radius 1 is 1.47 bits per heavy atom. The molecule has 5 nitrogen and oxygen atoms in total. The zero-order valence-corrected chi connectivity index (χ0v) is 11.2. The standard InChI is InChI=1S/C11H22N2O3S/c1-10-8-16-6-5-13(10)17(14,15)9-11-3-2-4-12-7-11/h10-12H,2-9H2,1H3. The number of nitrogens with zero attached hydrogens (tertiary/aromatic N) is 1. The molecule has 2 fully saturated rings. The van der Waals surface area contributed by atoms with Crippen LogP contribution in [-0.2, 0) is 14.8 Å². The van der Waals surface area contributed by atoms with E-state index >= 15 is 0 Å². The molecular formula is C11H22N2O3S. The number of sulfonamides is 1. The van der Waals surface area contributed by atoms with Gasteiger partial charge in [-0.15, -0.1) is 0 Å². The van der Waals surface area contributed by atoms with E-state index in [0.29, 0.717) is 19.8 Å². The molecule has 0 saturated carbocycles. The first-order valence-corrected chi connectivity index (χ1v) is 7.98. The van der Waals surface area contributed by atoms with Gasteiger partial charge in [-0.1, -0.05) is 0 Å². The molecule has 2 saturated heterocycles. The summed E-state index contributed by atoms with van der Waals surface area (Å²) in [6.07, 6.45) is 2.10. The second-order valence-corrected chi connectivity index (χ2v) is 6.99. The molecule has 2 unspecified atom stereocenters. The van der Waals surface area contributed by atoms with E-state index in [1.165, 1.54) is 0 Å². The molecule has 17 heavy (non-hydrogen) atoms. The number of morpholine rings is 1. The van der Waals surface area contributed by atoms with Crippen LogP contribution in [0.1, 0.15) is 19.8 Å². The van der Waals surface area contributed by atoms with E-state index in [0.717, 1.165) is 25.9 Å². The van der Waals surface area contributed by atoms with Gasteiger partial charge in [0.2, 0.25) is 10.0 Å². The van der Waals surface area contributed by atoms with E-state index in [4.69, 9.17) is 4.74 Å². The maximum atomic E-state index is 12.3. The largest absolute Gasteiger partial charge is 0.378 e. The van der Waals surface area contributed by atoms with Crippen molar-refractivity contribution < 1.29 is 13.2 Å². The van der Waals surface area contributed by atoms with Gasteiger partial charge < -0.3 is 10.1 Å². The van der Waals surface area contributed by atoms with Crippen LogP contribution in [0.25, 0.3) is 0 Å². The monoisotopic (exact) mass is 262 g/mol. The summed E-state index contributed by atoms with van der Waals surface area (Å²) in [5.41, 5.74) is 0. The van der Waals surface area contributed by atoms with Crippen molar-refractivity contribution in [1.82, 2.24) is 9.62 Å². The molecule has 0 aromatic rings. The average Bonchev–Trinajstić information content (AvgIpc) is 2.30. The third kappa shape index (κ3) is 3.40. The minimum atomic E-state index is -3.12. The van der Waals surface area contributed by atoms with E-state index in [9.17, 15) is 8.42 Å². The third-order valence-corrected chi connectivity index (χ3v) is 5.66. The maximum absolute atomic E-state index is 12.3. The normalized spacial score (nSPS) is 32.5. The van der Waals surface area contributed by atoms with Crippen molar-refractivity contribution in [2.45, 2.75) is 25.8 Å². The van der Waals surface area contributed by atoms with E-state index in [-0.39, 0.29) is 17.7 Å². The lowest BCUT2D eigenvalue weighted by Gasteiger charge is -2.34. The molecule has 0 radical (unpaired) electrons. The molecule has 2 aliphatic rings. The second kappa shape index (κ2) is 5.65. The molecule has 0 spiro atoms. The van der Waals surface area contributed by atoms with Crippen molar-refractivity contribution in [3.63, 3.8) is 0 Å². The van der Waals surface area contributed by atoms with E-state index in [1.807, 2.05) is 6.92 Å².